The van der Waals surface area contributed by atoms with Crippen LogP contribution in [0.1, 0.15) is 26.3 Å². The third-order valence-corrected chi connectivity index (χ3v) is 9.45. The summed E-state index contributed by atoms with van der Waals surface area (Å²) in [4.78, 5) is 23.1. The van der Waals surface area contributed by atoms with E-state index in [9.17, 15) is 30.4 Å². The van der Waals surface area contributed by atoms with E-state index in [0.717, 1.165) is 34.2 Å². The molecule has 0 amide bonds. The molecule has 4 rings (SSSR count). The number of hydrogen-bond acceptors (Lipinski definition) is 9. The molecule has 11 nitrogen and oxygen atoms in total. The molecule has 0 aliphatic carbocycles. The van der Waals surface area contributed by atoms with E-state index in [4.69, 9.17) is 5.11 Å². The van der Waals surface area contributed by atoms with Crippen LogP contribution in [-0.4, -0.2) is 64.4 Å². The molecule has 0 aliphatic heterocycles. The second-order valence-corrected chi connectivity index (χ2v) is 14.5. The van der Waals surface area contributed by atoms with Gasteiger partial charge in [-0.2, -0.15) is 0 Å². The molecule has 0 spiro atoms. The Morgan fingerprint density at radius 3 is 2.34 bits per heavy atom. The molecule has 0 aliphatic rings. The maximum Gasteiger partial charge on any atom is 0.318 e. The Hall–Kier alpha value is -3.98. The Morgan fingerprint density at radius 1 is 1.07 bits per heavy atom. The summed E-state index contributed by atoms with van der Waals surface area (Å²) in [6.45, 7) is 6.84. The van der Waals surface area contributed by atoms with Crippen LogP contribution in [0, 0.1) is 24.0 Å². The predicted octanol–water partition coefficient (Wildman–Crippen LogP) is 3.64. The summed E-state index contributed by atoms with van der Waals surface area (Å²) in [7, 11) is -8.28. The van der Waals surface area contributed by atoms with Gasteiger partial charge in [0.15, 0.2) is 32.9 Å². The molecule has 2 N–H and O–H groups in total. The van der Waals surface area contributed by atoms with Gasteiger partial charge < -0.3 is 10.4 Å². The van der Waals surface area contributed by atoms with E-state index in [1.165, 1.54) is 12.1 Å². The number of nitrogens with zero attached hydrogens (tertiary/aromatic N) is 4. The smallest absolute Gasteiger partial charge is 0.318 e. The van der Waals surface area contributed by atoms with Gasteiger partial charge in [-0.3, -0.25) is 4.79 Å². The van der Waals surface area contributed by atoms with Gasteiger partial charge in [-0.05, 0) is 30.5 Å². The van der Waals surface area contributed by atoms with E-state index in [1.807, 2.05) is 0 Å². The summed E-state index contributed by atoms with van der Waals surface area (Å²) >= 11 is 0. The van der Waals surface area contributed by atoms with Gasteiger partial charge in [-0.1, -0.05) is 38.5 Å². The number of carboxylic acids is 1. The van der Waals surface area contributed by atoms with Crippen molar-refractivity contribution < 1.29 is 35.5 Å². The lowest BCUT2D eigenvalue weighted by atomic mass is 9.88. The average molecular weight is 608 g/mol. The number of nitrogens with one attached hydrogen (secondary N) is 1. The Labute approximate surface area is 235 Å². The quantitative estimate of drug-likeness (QED) is 0.287. The summed E-state index contributed by atoms with van der Waals surface area (Å²) in [5.74, 6) is -5.57. The highest BCUT2D eigenvalue weighted by Gasteiger charge is 2.32. The number of anilines is 1. The van der Waals surface area contributed by atoms with Crippen molar-refractivity contribution in [3.05, 3.63) is 66.1 Å². The Balaban J connectivity index is 1.82. The molecule has 0 fully saturated rings. The van der Waals surface area contributed by atoms with Gasteiger partial charge in [0.1, 0.15) is 11.6 Å². The molecule has 41 heavy (non-hydrogen) atoms. The first kappa shape index (κ1) is 30.0. The van der Waals surface area contributed by atoms with Crippen molar-refractivity contribution in [2.24, 2.45) is 5.41 Å². The number of aliphatic carboxylic acids is 1. The fraction of sp³-hybridized carbons (Fsp3) is 0.308. The van der Waals surface area contributed by atoms with E-state index in [0.29, 0.717) is 0 Å². The maximum atomic E-state index is 14.9. The number of rotatable bonds is 9. The SMILES string of the molecule is Cc1ccc(S(=O)(=O)n2cc(-c3ncc(F)c(NC(CS(=O)(=O)CC(=O)O)C(C)(C)C)n3)c3cc(F)cnc32)cc1. The highest BCUT2D eigenvalue weighted by atomic mass is 32.2. The van der Waals surface area contributed by atoms with Crippen LogP contribution in [0.4, 0.5) is 14.6 Å². The molecule has 0 saturated carbocycles. The number of halogens is 2. The van der Waals surface area contributed by atoms with Gasteiger partial charge in [0, 0.05) is 23.2 Å². The number of carbonyl (C=O) groups is 1. The highest BCUT2D eigenvalue weighted by Crippen LogP contribution is 2.32. The summed E-state index contributed by atoms with van der Waals surface area (Å²) in [6, 6.07) is 6.15. The van der Waals surface area contributed by atoms with Crippen LogP contribution in [0.2, 0.25) is 0 Å². The predicted molar refractivity (Wildman–Crippen MR) is 148 cm³/mol. The van der Waals surface area contributed by atoms with Gasteiger partial charge in [0.2, 0.25) is 0 Å². The normalized spacial score (nSPS) is 13.3. The minimum Gasteiger partial charge on any atom is -0.480 e. The van der Waals surface area contributed by atoms with Crippen LogP contribution in [0.3, 0.4) is 0 Å². The van der Waals surface area contributed by atoms with Crippen molar-refractivity contribution >= 4 is 42.7 Å². The lowest BCUT2D eigenvalue weighted by Gasteiger charge is -2.31. The zero-order valence-corrected chi connectivity index (χ0v) is 24.1. The summed E-state index contributed by atoms with van der Waals surface area (Å²) in [6.07, 6.45) is 2.82. The first-order valence-electron chi connectivity index (χ1n) is 12.2. The third kappa shape index (κ3) is 6.51. The van der Waals surface area contributed by atoms with E-state index in [-0.39, 0.29) is 27.3 Å². The molecule has 15 heteroatoms. The molecule has 218 valence electrons. The molecular weight excluding hydrogens is 580 g/mol. The number of aryl methyl sites for hydroxylation is 1. The standard InChI is InChI=1S/C26H27F2N5O6S2/c1-15-5-7-17(8-6-15)41(38,39)33-12-19(18-9-16(27)10-30-25(18)33)23-29-11-20(28)24(32-23)31-21(26(2,3)4)13-40(36,37)14-22(34)35/h5-12,21H,13-14H2,1-4H3,(H,34,35)(H,29,31,32). The van der Waals surface area contributed by atoms with E-state index >= 15 is 0 Å². The van der Waals surface area contributed by atoms with Crippen LogP contribution >= 0.6 is 0 Å². The van der Waals surface area contributed by atoms with E-state index < -0.39 is 66.2 Å². The highest BCUT2D eigenvalue weighted by molar-refractivity contribution is 7.92. The van der Waals surface area contributed by atoms with E-state index in [1.54, 1.807) is 39.8 Å². The lowest BCUT2D eigenvalue weighted by Crippen LogP contribution is -2.41. The number of benzene rings is 1. The minimum absolute atomic E-state index is 0.0246. The van der Waals surface area contributed by atoms with Gasteiger partial charge in [0.25, 0.3) is 10.0 Å². The number of hydrogen-bond donors (Lipinski definition) is 2. The zero-order valence-electron chi connectivity index (χ0n) is 22.5. The van der Waals surface area contributed by atoms with Crippen LogP contribution in [0.15, 0.2) is 53.8 Å². The number of fused-ring (bicyclic) bond motifs is 1. The van der Waals surface area contributed by atoms with Crippen molar-refractivity contribution in [2.75, 3.05) is 16.8 Å². The first-order valence-corrected chi connectivity index (χ1v) is 15.4. The van der Waals surface area contributed by atoms with E-state index in [2.05, 4.69) is 20.3 Å². The van der Waals surface area contributed by atoms with Gasteiger partial charge in [0.05, 0.1) is 23.0 Å². The number of pyridine rings is 1. The van der Waals surface area contributed by atoms with Crippen LogP contribution in [0.25, 0.3) is 22.4 Å². The zero-order chi connectivity index (χ0) is 30.3. The molecule has 3 heterocycles. The van der Waals surface area contributed by atoms with Crippen LogP contribution < -0.4 is 5.32 Å². The second kappa shape index (κ2) is 10.8. The van der Waals surface area contributed by atoms with Crippen LogP contribution in [-0.2, 0) is 24.7 Å². The molecule has 0 saturated heterocycles. The van der Waals surface area contributed by atoms with Gasteiger partial charge in [-0.25, -0.2) is 44.5 Å². The summed E-state index contributed by atoms with van der Waals surface area (Å²) in [5, 5.41) is 11.7. The first-order chi connectivity index (χ1) is 19.0. The number of aromatic nitrogens is 4. The van der Waals surface area contributed by atoms with Gasteiger partial charge >= 0.3 is 5.97 Å². The number of sulfone groups is 1. The van der Waals surface area contributed by atoms with Crippen molar-refractivity contribution in [2.45, 2.75) is 38.6 Å². The third-order valence-electron chi connectivity index (χ3n) is 6.26. The summed E-state index contributed by atoms with van der Waals surface area (Å²) in [5.41, 5.74) is -0.0477. The Kier molecular flexibility index (Phi) is 7.88. The Morgan fingerprint density at radius 2 is 1.73 bits per heavy atom. The molecule has 1 unspecified atom stereocenters. The lowest BCUT2D eigenvalue weighted by molar-refractivity contribution is -0.134. The average Bonchev–Trinajstić information content (AvgIpc) is 3.23. The van der Waals surface area contributed by atoms with Crippen LogP contribution in [0.5, 0.6) is 0 Å². The molecule has 0 bridgehead atoms. The monoisotopic (exact) mass is 607 g/mol. The molecule has 0 radical (unpaired) electrons. The molecule has 1 atom stereocenters. The van der Waals surface area contributed by atoms with Crippen molar-refractivity contribution in [3.63, 3.8) is 0 Å². The number of carboxylic acid groups (broad SMARTS) is 1. The summed E-state index contributed by atoms with van der Waals surface area (Å²) < 4.78 is 81.9. The molecule has 1 aromatic carbocycles. The molecular formula is C26H27F2N5O6S2. The maximum absolute atomic E-state index is 14.9. The Bertz CT molecular complexity index is 1850. The fourth-order valence-electron chi connectivity index (χ4n) is 4.01. The largest absolute Gasteiger partial charge is 0.480 e. The molecule has 4 aromatic rings. The fourth-order valence-corrected chi connectivity index (χ4v) is 6.92. The minimum atomic E-state index is -4.20. The van der Waals surface area contributed by atoms with Crippen molar-refractivity contribution in [3.8, 4) is 11.4 Å². The van der Waals surface area contributed by atoms with Crippen molar-refractivity contribution in [1.29, 1.82) is 0 Å². The van der Waals surface area contributed by atoms with Gasteiger partial charge in [-0.15, -0.1) is 0 Å². The molecule has 3 aromatic heterocycles. The topological polar surface area (TPSA) is 161 Å². The van der Waals surface area contributed by atoms with Crippen molar-refractivity contribution in [1.82, 2.24) is 18.9 Å². The second-order valence-electron chi connectivity index (χ2n) is 10.6.